The van der Waals surface area contributed by atoms with Crippen LogP contribution in [-0.2, 0) is 11.2 Å². The van der Waals surface area contributed by atoms with E-state index in [1.807, 2.05) is 32.1 Å². The molecule has 0 saturated carbocycles. The van der Waals surface area contributed by atoms with E-state index < -0.39 is 0 Å². The summed E-state index contributed by atoms with van der Waals surface area (Å²) in [6.45, 7) is 8.02. The van der Waals surface area contributed by atoms with Crippen LogP contribution >= 0.6 is 0 Å². The zero-order valence-electron chi connectivity index (χ0n) is 12.4. The van der Waals surface area contributed by atoms with Crippen LogP contribution in [0.15, 0.2) is 59.7 Å². The number of halogens is 1. The van der Waals surface area contributed by atoms with Gasteiger partial charge in [0.05, 0.1) is 0 Å². The Bertz CT molecular complexity index is 692. The Hall–Kier alpha value is -2.09. The Labute approximate surface area is 125 Å². The third-order valence-electron chi connectivity index (χ3n) is 4.03. The monoisotopic (exact) mass is 282 g/mol. The Morgan fingerprint density at radius 2 is 2.19 bits per heavy atom. The van der Waals surface area contributed by atoms with Crippen LogP contribution in [0.2, 0.25) is 0 Å². The molecular formula is C19H19FO. The third-order valence-corrected chi connectivity index (χ3v) is 4.03. The van der Waals surface area contributed by atoms with Crippen LogP contribution in [0.3, 0.4) is 0 Å². The van der Waals surface area contributed by atoms with Crippen LogP contribution < -0.4 is 0 Å². The molecule has 0 radical (unpaired) electrons. The lowest BCUT2D eigenvalue weighted by Crippen LogP contribution is -2.02. The first-order chi connectivity index (χ1) is 10.1. The maximum absolute atomic E-state index is 13.7. The number of rotatable bonds is 2. The van der Waals surface area contributed by atoms with E-state index in [9.17, 15) is 4.39 Å². The molecule has 2 aliphatic rings. The maximum Gasteiger partial charge on any atom is 0.131 e. The second kappa shape index (κ2) is 5.36. The standard InChI is InChI=1S/C19H19FO/c1-4-6-13-10-14-7-8-15(20)11-17(14)19-18(16(13)5-2)9-12(3)21-19/h4-8,11-12H,2,9-10H2,1,3H3/b6-4-/t12-/m0/s1. The molecule has 0 saturated heterocycles. The fraction of sp³-hybridized carbons (Fsp3) is 0.263. The van der Waals surface area contributed by atoms with Crippen LogP contribution in [0.1, 0.15) is 31.4 Å². The molecule has 1 aromatic rings. The summed E-state index contributed by atoms with van der Waals surface area (Å²) in [5.41, 5.74) is 5.47. The smallest absolute Gasteiger partial charge is 0.131 e. The first-order valence-electron chi connectivity index (χ1n) is 7.31. The summed E-state index contributed by atoms with van der Waals surface area (Å²) >= 11 is 0. The van der Waals surface area contributed by atoms with Crippen LogP contribution in [0, 0.1) is 5.82 Å². The van der Waals surface area contributed by atoms with Gasteiger partial charge < -0.3 is 4.74 Å². The van der Waals surface area contributed by atoms with E-state index >= 15 is 0 Å². The predicted octanol–water partition coefficient (Wildman–Crippen LogP) is 4.96. The molecule has 1 nitrogen and oxygen atoms in total. The molecule has 0 N–H and O–H groups in total. The molecular weight excluding hydrogens is 263 g/mol. The van der Waals surface area contributed by atoms with Gasteiger partial charge in [-0.3, -0.25) is 0 Å². The van der Waals surface area contributed by atoms with Crippen molar-refractivity contribution in [3.63, 3.8) is 0 Å². The van der Waals surface area contributed by atoms with E-state index in [0.717, 1.165) is 40.9 Å². The largest absolute Gasteiger partial charge is 0.489 e. The molecule has 21 heavy (non-hydrogen) atoms. The second-order valence-electron chi connectivity index (χ2n) is 5.56. The molecule has 0 spiro atoms. The van der Waals surface area contributed by atoms with Crippen molar-refractivity contribution >= 4 is 5.76 Å². The van der Waals surface area contributed by atoms with Gasteiger partial charge in [-0.1, -0.05) is 30.9 Å². The van der Waals surface area contributed by atoms with Crippen molar-refractivity contribution in [1.29, 1.82) is 0 Å². The normalized spacial score (nSPS) is 21.2. The predicted molar refractivity (Wildman–Crippen MR) is 84.2 cm³/mol. The average molecular weight is 282 g/mol. The maximum atomic E-state index is 13.7. The lowest BCUT2D eigenvalue weighted by Gasteiger charge is -2.12. The van der Waals surface area contributed by atoms with Crippen molar-refractivity contribution in [3.8, 4) is 0 Å². The van der Waals surface area contributed by atoms with Gasteiger partial charge >= 0.3 is 0 Å². The first-order valence-corrected chi connectivity index (χ1v) is 7.31. The fourth-order valence-electron chi connectivity index (χ4n) is 3.17. The average Bonchev–Trinajstić information content (AvgIpc) is 2.78. The summed E-state index contributed by atoms with van der Waals surface area (Å²) in [5, 5.41) is 0. The Balaban J connectivity index is 2.27. The molecule has 1 aliphatic heterocycles. The minimum atomic E-state index is -0.224. The third kappa shape index (κ3) is 2.35. The van der Waals surface area contributed by atoms with Crippen molar-refractivity contribution in [3.05, 3.63) is 76.7 Å². The molecule has 1 heterocycles. The summed E-state index contributed by atoms with van der Waals surface area (Å²) in [4.78, 5) is 0. The summed E-state index contributed by atoms with van der Waals surface area (Å²) in [5.74, 6) is 0.602. The van der Waals surface area contributed by atoms with Gasteiger partial charge in [0.1, 0.15) is 17.7 Å². The number of ether oxygens (including phenoxy) is 1. The first kappa shape index (κ1) is 13.9. The molecule has 108 valence electrons. The SMILES string of the molecule is C=CC1=C(/C=C\C)Cc2ccc(F)cc2C2=C1C[C@H](C)O2. The van der Waals surface area contributed by atoms with E-state index in [1.54, 1.807) is 6.07 Å². The van der Waals surface area contributed by atoms with Gasteiger partial charge in [0.15, 0.2) is 0 Å². The molecule has 3 rings (SSSR count). The topological polar surface area (TPSA) is 9.23 Å². The van der Waals surface area contributed by atoms with Crippen LogP contribution in [0.25, 0.3) is 5.76 Å². The lowest BCUT2D eigenvalue weighted by atomic mass is 9.95. The van der Waals surface area contributed by atoms with E-state index in [-0.39, 0.29) is 11.9 Å². The van der Waals surface area contributed by atoms with Crippen molar-refractivity contribution in [2.75, 3.05) is 0 Å². The van der Waals surface area contributed by atoms with Crippen molar-refractivity contribution in [2.24, 2.45) is 0 Å². The zero-order chi connectivity index (χ0) is 15.0. The summed E-state index contributed by atoms with van der Waals surface area (Å²) in [7, 11) is 0. The second-order valence-corrected chi connectivity index (χ2v) is 5.56. The molecule has 0 aromatic heterocycles. The minimum Gasteiger partial charge on any atom is -0.489 e. The number of benzene rings is 1. The quantitative estimate of drug-likeness (QED) is 0.745. The van der Waals surface area contributed by atoms with E-state index in [1.165, 1.54) is 11.6 Å². The fourth-order valence-corrected chi connectivity index (χ4v) is 3.17. The van der Waals surface area contributed by atoms with Gasteiger partial charge in [0.25, 0.3) is 0 Å². The van der Waals surface area contributed by atoms with Crippen LogP contribution in [0.5, 0.6) is 0 Å². The molecule has 0 bridgehead atoms. The van der Waals surface area contributed by atoms with Gasteiger partial charge in [0, 0.05) is 17.6 Å². The summed E-state index contributed by atoms with van der Waals surface area (Å²) in [6.07, 6.45) is 7.77. The number of fused-ring (bicyclic) bond motifs is 2. The Kier molecular flexibility index (Phi) is 3.54. The highest BCUT2D eigenvalue weighted by Gasteiger charge is 2.30. The summed E-state index contributed by atoms with van der Waals surface area (Å²) < 4.78 is 19.7. The van der Waals surface area contributed by atoms with E-state index in [0.29, 0.717) is 0 Å². The zero-order valence-corrected chi connectivity index (χ0v) is 12.4. The molecule has 2 heteroatoms. The van der Waals surface area contributed by atoms with Gasteiger partial charge in [-0.05, 0) is 49.1 Å². The molecule has 0 amide bonds. The minimum absolute atomic E-state index is 0.117. The van der Waals surface area contributed by atoms with Crippen molar-refractivity contribution < 1.29 is 9.13 Å². The molecule has 1 aliphatic carbocycles. The van der Waals surface area contributed by atoms with Crippen LogP contribution in [-0.4, -0.2) is 6.10 Å². The van der Waals surface area contributed by atoms with Gasteiger partial charge in [0.2, 0.25) is 0 Å². The van der Waals surface area contributed by atoms with Gasteiger partial charge in [-0.2, -0.15) is 0 Å². The molecule has 1 aromatic carbocycles. The summed E-state index contributed by atoms with van der Waals surface area (Å²) in [6, 6.07) is 4.96. The molecule has 1 atom stereocenters. The molecule has 0 unspecified atom stereocenters. The lowest BCUT2D eigenvalue weighted by molar-refractivity contribution is 0.210. The van der Waals surface area contributed by atoms with Gasteiger partial charge in [-0.15, -0.1) is 0 Å². The highest BCUT2D eigenvalue weighted by atomic mass is 19.1. The van der Waals surface area contributed by atoms with E-state index in [4.69, 9.17) is 4.74 Å². The van der Waals surface area contributed by atoms with Crippen molar-refractivity contribution in [2.45, 2.75) is 32.8 Å². The Morgan fingerprint density at radius 3 is 2.90 bits per heavy atom. The highest BCUT2D eigenvalue weighted by Crippen LogP contribution is 2.42. The number of hydrogen-bond acceptors (Lipinski definition) is 1. The van der Waals surface area contributed by atoms with Crippen LogP contribution in [0.4, 0.5) is 4.39 Å². The molecule has 0 fully saturated rings. The van der Waals surface area contributed by atoms with E-state index in [2.05, 4.69) is 12.7 Å². The number of hydrogen-bond donors (Lipinski definition) is 0. The highest BCUT2D eigenvalue weighted by molar-refractivity contribution is 5.76. The van der Waals surface area contributed by atoms with Gasteiger partial charge in [-0.25, -0.2) is 4.39 Å². The van der Waals surface area contributed by atoms with Crippen molar-refractivity contribution in [1.82, 2.24) is 0 Å². The number of allylic oxidation sites excluding steroid dienone is 5. The Morgan fingerprint density at radius 1 is 1.38 bits per heavy atom.